The first-order valence-electron chi connectivity index (χ1n) is 8.27. The SMILES string of the molecule is CCCNCC1(OCC2CCOCC2)CCCCC1. The first-order chi connectivity index (χ1) is 9.35. The van der Waals surface area contributed by atoms with Crippen molar-refractivity contribution in [1.29, 1.82) is 0 Å². The second kappa shape index (κ2) is 8.23. The van der Waals surface area contributed by atoms with Crippen LogP contribution in [0.25, 0.3) is 0 Å². The Hall–Kier alpha value is -0.120. The van der Waals surface area contributed by atoms with Crippen LogP contribution in [0.15, 0.2) is 0 Å². The van der Waals surface area contributed by atoms with E-state index in [0.29, 0.717) is 0 Å². The van der Waals surface area contributed by atoms with Crippen molar-refractivity contribution in [3.63, 3.8) is 0 Å². The summed E-state index contributed by atoms with van der Waals surface area (Å²) < 4.78 is 11.9. The second-order valence-electron chi connectivity index (χ2n) is 6.29. The van der Waals surface area contributed by atoms with Crippen LogP contribution >= 0.6 is 0 Å². The summed E-state index contributed by atoms with van der Waals surface area (Å²) in [6, 6.07) is 0. The van der Waals surface area contributed by atoms with Crippen molar-refractivity contribution >= 4 is 0 Å². The molecule has 1 saturated heterocycles. The molecule has 2 rings (SSSR count). The van der Waals surface area contributed by atoms with Crippen LogP contribution in [0.5, 0.6) is 0 Å². The van der Waals surface area contributed by atoms with Gasteiger partial charge in [0.25, 0.3) is 0 Å². The first-order valence-corrected chi connectivity index (χ1v) is 8.27. The number of ether oxygens (including phenoxy) is 2. The average Bonchev–Trinajstić information content (AvgIpc) is 2.48. The standard InChI is InChI=1S/C16H31NO2/c1-2-10-17-14-16(8-4-3-5-9-16)19-13-15-6-11-18-12-7-15/h15,17H,2-14H2,1H3. The molecule has 1 aliphatic carbocycles. The molecule has 0 aromatic carbocycles. The van der Waals surface area contributed by atoms with E-state index in [4.69, 9.17) is 9.47 Å². The van der Waals surface area contributed by atoms with Gasteiger partial charge in [0, 0.05) is 19.8 Å². The van der Waals surface area contributed by atoms with Crippen molar-refractivity contribution in [2.24, 2.45) is 5.92 Å². The topological polar surface area (TPSA) is 30.5 Å². The molecule has 1 aliphatic heterocycles. The quantitative estimate of drug-likeness (QED) is 0.720. The van der Waals surface area contributed by atoms with Crippen molar-refractivity contribution < 1.29 is 9.47 Å². The van der Waals surface area contributed by atoms with Crippen LogP contribution in [0.3, 0.4) is 0 Å². The average molecular weight is 269 g/mol. The molecule has 0 unspecified atom stereocenters. The Balaban J connectivity index is 1.78. The fourth-order valence-electron chi connectivity index (χ4n) is 3.27. The van der Waals surface area contributed by atoms with E-state index in [0.717, 1.165) is 38.8 Å². The predicted octanol–water partition coefficient (Wildman–Crippen LogP) is 3.13. The summed E-state index contributed by atoms with van der Waals surface area (Å²) in [6.45, 7) is 7.18. The first kappa shape index (κ1) is 15.3. The molecule has 0 bridgehead atoms. The minimum absolute atomic E-state index is 0.131. The van der Waals surface area contributed by atoms with Crippen molar-refractivity contribution in [1.82, 2.24) is 5.32 Å². The third kappa shape index (κ3) is 5.05. The molecule has 112 valence electrons. The van der Waals surface area contributed by atoms with Crippen LogP contribution in [0.2, 0.25) is 0 Å². The van der Waals surface area contributed by atoms with E-state index in [9.17, 15) is 0 Å². The molecule has 1 heterocycles. The zero-order chi connectivity index (χ0) is 13.4. The largest absolute Gasteiger partial charge is 0.381 e. The highest BCUT2D eigenvalue weighted by molar-refractivity contribution is 4.87. The highest BCUT2D eigenvalue weighted by Gasteiger charge is 2.33. The van der Waals surface area contributed by atoms with Gasteiger partial charge in [0.05, 0.1) is 12.2 Å². The van der Waals surface area contributed by atoms with Crippen molar-refractivity contribution in [3.05, 3.63) is 0 Å². The van der Waals surface area contributed by atoms with Gasteiger partial charge in [-0.15, -0.1) is 0 Å². The van der Waals surface area contributed by atoms with Crippen LogP contribution in [0, 0.1) is 5.92 Å². The zero-order valence-electron chi connectivity index (χ0n) is 12.6. The van der Waals surface area contributed by atoms with E-state index in [1.807, 2.05) is 0 Å². The van der Waals surface area contributed by atoms with Gasteiger partial charge in [0.15, 0.2) is 0 Å². The van der Waals surface area contributed by atoms with Crippen molar-refractivity contribution in [2.45, 2.75) is 63.9 Å². The molecular formula is C16H31NO2. The number of rotatable bonds is 7. The van der Waals surface area contributed by atoms with E-state index in [1.54, 1.807) is 0 Å². The molecule has 0 spiro atoms. The van der Waals surface area contributed by atoms with Gasteiger partial charge in [0.2, 0.25) is 0 Å². The van der Waals surface area contributed by atoms with E-state index in [1.165, 1.54) is 51.4 Å². The fraction of sp³-hybridized carbons (Fsp3) is 1.00. The van der Waals surface area contributed by atoms with Gasteiger partial charge < -0.3 is 14.8 Å². The molecule has 1 saturated carbocycles. The lowest BCUT2D eigenvalue weighted by atomic mass is 9.84. The van der Waals surface area contributed by atoms with Gasteiger partial charge in [-0.2, -0.15) is 0 Å². The Bertz CT molecular complexity index is 233. The Morgan fingerprint density at radius 3 is 2.58 bits per heavy atom. The molecular weight excluding hydrogens is 238 g/mol. The zero-order valence-corrected chi connectivity index (χ0v) is 12.6. The highest BCUT2D eigenvalue weighted by Crippen LogP contribution is 2.32. The number of nitrogens with one attached hydrogen (secondary N) is 1. The smallest absolute Gasteiger partial charge is 0.0806 e. The van der Waals surface area contributed by atoms with Crippen LogP contribution in [-0.4, -0.2) is 38.5 Å². The maximum absolute atomic E-state index is 6.44. The van der Waals surface area contributed by atoms with Gasteiger partial charge >= 0.3 is 0 Å². The summed E-state index contributed by atoms with van der Waals surface area (Å²) in [5.74, 6) is 0.721. The third-order valence-electron chi connectivity index (χ3n) is 4.60. The van der Waals surface area contributed by atoms with Gasteiger partial charge in [-0.3, -0.25) is 0 Å². The molecule has 19 heavy (non-hydrogen) atoms. The lowest BCUT2D eigenvalue weighted by Crippen LogP contribution is -2.46. The van der Waals surface area contributed by atoms with E-state index in [-0.39, 0.29) is 5.60 Å². The summed E-state index contributed by atoms with van der Waals surface area (Å²) in [5, 5.41) is 3.58. The molecule has 0 amide bonds. The molecule has 0 radical (unpaired) electrons. The van der Waals surface area contributed by atoms with Gasteiger partial charge in [-0.25, -0.2) is 0 Å². The van der Waals surface area contributed by atoms with Crippen LogP contribution in [0.4, 0.5) is 0 Å². The van der Waals surface area contributed by atoms with Crippen LogP contribution in [-0.2, 0) is 9.47 Å². The Morgan fingerprint density at radius 1 is 1.16 bits per heavy atom. The van der Waals surface area contributed by atoms with E-state index in [2.05, 4.69) is 12.2 Å². The second-order valence-corrected chi connectivity index (χ2v) is 6.29. The Labute approximate surface area is 118 Å². The fourth-order valence-corrected chi connectivity index (χ4v) is 3.27. The van der Waals surface area contributed by atoms with Crippen LogP contribution in [0.1, 0.15) is 58.3 Å². The third-order valence-corrected chi connectivity index (χ3v) is 4.60. The molecule has 0 aromatic rings. The molecule has 2 aliphatic rings. The summed E-state index contributed by atoms with van der Waals surface area (Å²) >= 11 is 0. The number of hydrogen-bond acceptors (Lipinski definition) is 3. The molecule has 0 atom stereocenters. The van der Waals surface area contributed by atoms with Gasteiger partial charge in [0.1, 0.15) is 0 Å². The molecule has 3 heteroatoms. The Kier molecular flexibility index (Phi) is 6.62. The maximum Gasteiger partial charge on any atom is 0.0806 e. The monoisotopic (exact) mass is 269 g/mol. The van der Waals surface area contributed by atoms with E-state index >= 15 is 0 Å². The summed E-state index contributed by atoms with van der Waals surface area (Å²) in [4.78, 5) is 0. The molecule has 2 fully saturated rings. The lowest BCUT2D eigenvalue weighted by molar-refractivity contribution is -0.0928. The predicted molar refractivity (Wildman–Crippen MR) is 78.5 cm³/mol. The van der Waals surface area contributed by atoms with Crippen molar-refractivity contribution in [3.8, 4) is 0 Å². The molecule has 3 nitrogen and oxygen atoms in total. The molecule has 1 N–H and O–H groups in total. The van der Waals surface area contributed by atoms with E-state index < -0.39 is 0 Å². The summed E-state index contributed by atoms with van der Waals surface area (Å²) in [7, 11) is 0. The maximum atomic E-state index is 6.44. The molecule has 0 aromatic heterocycles. The van der Waals surface area contributed by atoms with Gasteiger partial charge in [-0.05, 0) is 44.6 Å². The van der Waals surface area contributed by atoms with Crippen molar-refractivity contribution in [2.75, 3.05) is 32.9 Å². The normalized spacial score (nSPS) is 24.5. The Morgan fingerprint density at radius 2 is 1.89 bits per heavy atom. The minimum Gasteiger partial charge on any atom is -0.381 e. The van der Waals surface area contributed by atoms with Crippen LogP contribution < -0.4 is 5.32 Å². The summed E-state index contributed by atoms with van der Waals surface area (Å²) in [5.41, 5.74) is 0.131. The lowest BCUT2D eigenvalue weighted by Gasteiger charge is -2.39. The minimum atomic E-state index is 0.131. The highest BCUT2D eigenvalue weighted by atomic mass is 16.5. The van der Waals surface area contributed by atoms with Gasteiger partial charge in [-0.1, -0.05) is 26.2 Å². The summed E-state index contributed by atoms with van der Waals surface area (Å²) in [6.07, 6.45) is 10.1. The number of hydrogen-bond donors (Lipinski definition) is 1.